The van der Waals surface area contributed by atoms with Crippen molar-refractivity contribution in [1.82, 2.24) is 5.16 Å². The largest absolute Gasteiger partial charge is 0.489 e. The van der Waals surface area contributed by atoms with Gasteiger partial charge in [-0.15, -0.1) is 0 Å². The molecule has 0 bridgehead atoms. The number of methoxy groups -OCH3 is 1. The lowest BCUT2D eigenvalue weighted by Crippen LogP contribution is -2.15. The van der Waals surface area contributed by atoms with Gasteiger partial charge in [0.25, 0.3) is 5.91 Å². The van der Waals surface area contributed by atoms with E-state index in [1.54, 1.807) is 6.92 Å². The predicted octanol–water partition coefficient (Wildman–Crippen LogP) is 3.28. The summed E-state index contributed by atoms with van der Waals surface area (Å²) in [6.45, 7) is 1.96. The highest BCUT2D eigenvalue weighted by Gasteiger charge is 2.31. The topological polar surface area (TPSA) is 73.6 Å². The third kappa shape index (κ3) is 4.48. The normalized spacial score (nSPS) is 11.4. The van der Waals surface area contributed by atoms with E-state index < -0.39 is 17.6 Å². The number of amides is 1. The lowest BCUT2D eigenvalue weighted by Gasteiger charge is -2.14. The Morgan fingerprint density at radius 2 is 2.04 bits per heavy atom. The molecule has 1 N–H and O–H groups in total. The molecule has 130 valence electrons. The zero-order chi connectivity index (χ0) is 17.7. The van der Waals surface area contributed by atoms with Crippen LogP contribution >= 0.6 is 0 Å². The zero-order valence-corrected chi connectivity index (χ0v) is 12.9. The SMILES string of the molecule is COCCOc1ccc(C(F)(F)F)cc1NC(=O)c1cc(C)on1. The number of carbonyl (C=O) groups excluding carboxylic acids is 1. The molecule has 0 saturated heterocycles. The van der Waals surface area contributed by atoms with Crippen molar-refractivity contribution in [3.05, 3.63) is 41.3 Å². The van der Waals surface area contributed by atoms with Gasteiger partial charge in [0, 0.05) is 13.2 Å². The van der Waals surface area contributed by atoms with Crippen molar-refractivity contribution in [3.63, 3.8) is 0 Å². The number of benzene rings is 1. The van der Waals surface area contributed by atoms with E-state index in [2.05, 4.69) is 10.5 Å². The molecule has 1 aromatic heterocycles. The number of ether oxygens (including phenoxy) is 2. The zero-order valence-electron chi connectivity index (χ0n) is 12.9. The van der Waals surface area contributed by atoms with Gasteiger partial charge >= 0.3 is 6.18 Å². The Morgan fingerprint density at radius 1 is 1.29 bits per heavy atom. The summed E-state index contributed by atoms with van der Waals surface area (Å²) in [6.07, 6.45) is -4.55. The van der Waals surface area contributed by atoms with Crippen LogP contribution in [0.15, 0.2) is 28.8 Å². The van der Waals surface area contributed by atoms with Gasteiger partial charge in [-0.3, -0.25) is 4.79 Å². The Morgan fingerprint density at radius 3 is 2.62 bits per heavy atom. The highest BCUT2D eigenvalue weighted by molar-refractivity contribution is 6.03. The third-order valence-corrected chi connectivity index (χ3v) is 2.96. The van der Waals surface area contributed by atoms with E-state index in [1.807, 2.05) is 0 Å². The summed E-state index contributed by atoms with van der Waals surface area (Å²) in [5.41, 5.74) is -1.08. The van der Waals surface area contributed by atoms with Crippen LogP contribution in [0.5, 0.6) is 5.75 Å². The molecule has 2 aromatic rings. The van der Waals surface area contributed by atoms with Crippen LogP contribution in [0, 0.1) is 6.92 Å². The Hall–Kier alpha value is -2.55. The van der Waals surface area contributed by atoms with E-state index in [0.29, 0.717) is 5.76 Å². The predicted molar refractivity (Wildman–Crippen MR) is 78.0 cm³/mol. The number of anilines is 1. The number of alkyl halides is 3. The van der Waals surface area contributed by atoms with Crippen LogP contribution in [0.2, 0.25) is 0 Å². The molecule has 0 aliphatic heterocycles. The smallest absolute Gasteiger partial charge is 0.416 e. The van der Waals surface area contributed by atoms with Gasteiger partial charge in [0.05, 0.1) is 17.9 Å². The standard InChI is InChI=1S/C15H15F3N2O4/c1-9-7-12(20-24-9)14(21)19-11-8-10(15(16,17)18)3-4-13(11)23-6-5-22-2/h3-4,7-8H,5-6H2,1-2H3,(H,19,21). The molecular formula is C15H15F3N2O4. The van der Waals surface area contributed by atoms with Crippen LogP contribution in [-0.2, 0) is 10.9 Å². The number of hydrogen-bond acceptors (Lipinski definition) is 5. The number of nitrogens with one attached hydrogen (secondary N) is 1. The highest BCUT2D eigenvalue weighted by atomic mass is 19.4. The molecule has 2 rings (SSSR count). The molecule has 6 nitrogen and oxygen atoms in total. The first-order valence-corrected chi connectivity index (χ1v) is 6.89. The van der Waals surface area contributed by atoms with E-state index >= 15 is 0 Å². The number of aryl methyl sites for hydroxylation is 1. The lowest BCUT2D eigenvalue weighted by atomic mass is 10.1. The fraction of sp³-hybridized carbons (Fsp3) is 0.333. The Kier molecular flexibility index (Phi) is 5.45. The molecule has 1 aromatic carbocycles. The summed E-state index contributed by atoms with van der Waals surface area (Å²) < 4.78 is 53.5. The minimum absolute atomic E-state index is 0.0484. The monoisotopic (exact) mass is 344 g/mol. The van der Waals surface area contributed by atoms with Gasteiger partial charge in [0.2, 0.25) is 0 Å². The first kappa shape index (κ1) is 17.8. The van der Waals surface area contributed by atoms with E-state index in [-0.39, 0.29) is 30.3 Å². The van der Waals surface area contributed by atoms with E-state index in [9.17, 15) is 18.0 Å². The average molecular weight is 344 g/mol. The lowest BCUT2D eigenvalue weighted by molar-refractivity contribution is -0.137. The number of nitrogens with zero attached hydrogens (tertiary/aromatic N) is 1. The summed E-state index contributed by atoms with van der Waals surface area (Å²) in [5.74, 6) is -0.211. The number of rotatable bonds is 6. The maximum Gasteiger partial charge on any atom is 0.416 e. The Bertz CT molecular complexity index is 713. The van der Waals surface area contributed by atoms with Crippen molar-refractivity contribution in [1.29, 1.82) is 0 Å². The fourth-order valence-corrected chi connectivity index (χ4v) is 1.82. The van der Waals surface area contributed by atoms with Gasteiger partial charge in [0.15, 0.2) is 5.69 Å². The van der Waals surface area contributed by atoms with E-state index in [4.69, 9.17) is 14.0 Å². The molecule has 9 heteroatoms. The van der Waals surface area contributed by atoms with E-state index in [1.165, 1.54) is 13.2 Å². The van der Waals surface area contributed by atoms with Crippen molar-refractivity contribution in [2.45, 2.75) is 13.1 Å². The van der Waals surface area contributed by atoms with Crippen molar-refractivity contribution in [2.24, 2.45) is 0 Å². The second-order valence-corrected chi connectivity index (χ2v) is 4.83. The van der Waals surface area contributed by atoms with Crippen LogP contribution in [0.25, 0.3) is 0 Å². The summed E-state index contributed by atoms with van der Waals surface area (Å²) in [4.78, 5) is 12.1. The van der Waals surface area contributed by atoms with Gasteiger partial charge in [0.1, 0.15) is 18.1 Å². The Labute approximate surface area is 135 Å². The van der Waals surface area contributed by atoms with Crippen molar-refractivity contribution >= 4 is 11.6 Å². The van der Waals surface area contributed by atoms with Gasteiger partial charge in [-0.1, -0.05) is 5.16 Å². The minimum atomic E-state index is -4.55. The van der Waals surface area contributed by atoms with Gasteiger partial charge in [-0.05, 0) is 25.1 Å². The quantitative estimate of drug-likeness (QED) is 0.814. The Balaban J connectivity index is 2.27. The van der Waals surface area contributed by atoms with Crippen molar-refractivity contribution in [3.8, 4) is 5.75 Å². The molecule has 0 aliphatic carbocycles. The molecule has 0 aliphatic rings. The maximum absolute atomic E-state index is 12.9. The van der Waals surface area contributed by atoms with Crippen LogP contribution in [0.4, 0.5) is 18.9 Å². The summed E-state index contributed by atoms with van der Waals surface area (Å²) >= 11 is 0. The fourth-order valence-electron chi connectivity index (χ4n) is 1.82. The van der Waals surface area contributed by atoms with E-state index in [0.717, 1.165) is 18.2 Å². The first-order chi connectivity index (χ1) is 11.3. The van der Waals surface area contributed by atoms with Gasteiger partial charge in [-0.2, -0.15) is 13.2 Å². The van der Waals surface area contributed by atoms with Crippen LogP contribution in [0.1, 0.15) is 21.8 Å². The molecule has 0 saturated carbocycles. The number of halogens is 3. The van der Waals surface area contributed by atoms with Gasteiger partial charge in [-0.25, -0.2) is 0 Å². The number of hydrogen-bond donors (Lipinski definition) is 1. The highest BCUT2D eigenvalue weighted by Crippen LogP contribution is 2.35. The molecule has 0 radical (unpaired) electrons. The molecular weight excluding hydrogens is 329 g/mol. The molecule has 0 unspecified atom stereocenters. The minimum Gasteiger partial charge on any atom is -0.489 e. The summed E-state index contributed by atoms with van der Waals surface area (Å²) in [7, 11) is 1.46. The van der Waals surface area contributed by atoms with Crippen LogP contribution in [-0.4, -0.2) is 31.4 Å². The van der Waals surface area contributed by atoms with Gasteiger partial charge < -0.3 is 19.3 Å². The van der Waals surface area contributed by atoms with Crippen LogP contribution in [0.3, 0.4) is 0 Å². The molecule has 1 heterocycles. The molecule has 0 fully saturated rings. The van der Waals surface area contributed by atoms with Crippen molar-refractivity contribution in [2.75, 3.05) is 25.6 Å². The number of aromatic nitrogens is 1. The second kappa shape index (κ2) is 7.35. The third-order valence-electron chi connectivity index (χ3n) is 2.96. The summed E-state index contributed by atoms with van der Waals surface area (Å²) in [6, 6.07) is 4.18. The molecule has 1 amide bonds. The average Bonchev–Trinajstić information content (AvgIpc) is 2.94. The maximum atomic E-state index is 12.9. The molecule has 0 atom stereocenters. The molecule has 0 spiro atoms. The summed E-state index contributed by atoms with van der Waals surface area (Å²) in [5, 5.41) is 5.87. The second-order valence-electron chi connectivity index (χ2n) is 4.83. The van der Waals surface area contributed by atoms with Crippen molar-refractivity contribution < 1.29 is 32.0 Å². The molecule has 24 heavy (non-hydrogen) atoms. The van der Waals surface area contributed by atoms with Crippen LogP contribution < -0.4 is 10.1 Å². The number of carbonyl (C=O) groups is 1. The first-order valence-electron chi connectivity index (χ1n) is 6.89.